The molecular formula is C8H16N2S4. The number of rotatable bonds is 3. The first-order valence-electron chi connectivity index (χ1n) is 4.56. The Kier molecular flexibility index (Phi) is 9.06. The lowest BCUT2D eigenvalue weighted by Gasteiger charge is -2.20. The summed E-state index contributed by atoms with van der Waals surface area (Å²) in [7, 11) is 3.07. The van der Waals surface area contributed by atoms with Crippen LogP contribution in [0.4, 0.5) is 0 Å². The third-order valence-corrected chi connectivity index (χ3v) is 5.07. The van der Waals surface area contributed by atoms with Crippen LogP contribution in [0.5, 0.6) is 0 Å². The summed E-state index contributed by atoms with van der Waals surface area (Å²) in [6.07, 6.45) is 0. The Bertz CT molecular complexity index is 192. The van der Waals surface area contributed by atoms with Gasteiger partial charge in [0, 0.05) is 19.6 Å². The Labute approximate surface area is 105 Å². The molecule has 0 spiro atoms. The molecule has 0 aliphatic heterocycles. The summed E-state index contributed by atoms with van der Waals surface area (Å²) in [5, 5.41) is 3.07. The first-order chi connectivity index (χ1) is 6.65. The molecule has 0 rings (SSSR count). The lowest BCUT2D eigenvalue weighted by Crippen LogP contribution is -2.26. The molecule has 0 saturated carbocycles. The number of hydrogen-bond acceptors (Lipinski definition) is 4. The van der Waals surface area contributed by atoms with Gasteiger partial charge in [-0.1, -0.05) is 24.4 Å². The second-order valence-corrected chi connectivity index (χ2v) is 5.86. The molecule has 0 aliphatic rings. The maximum absolute atomic E-state index is 5.26. The third kappa shape index (κ3) is 6.06. The molecule has 0 aromatic heterocycles. The van der Waals surface area contributed by atoms with E-state index in [9.17, 15) is 0 Å². The van der Waals surface area contributed by atoms with Gasteiger partial charge >= 0.3 is 0 Å². The lowest BCUT2D eigenvalue weighted by molar-refractivity contribution is 0.482. The Hall–Kier alpha value is 0.480. The lowest BCUT2D eigenvalue weighted by atomic mass is 10.6. The molecule has 0 aromatic carbocycles. The van der Waals surface area contributed by atoms with E-state index in [1.165, 1.54) is 10.8 Å². The molecule has 82 valence electrons. The van der Waals surface area contributed by atoms with Gasteiger partial charge in [0.2, 0.25) is 0 Å². The average molecular weight is 268 g/mol. The van der Waals surface area contributed by atoms with Crippen LogP contribution in [-0.2, 0) is 0 Å². The van der Waals surface area contributed by atoms with Crippen LogP contribution in [0.3, 0.4) is 0 Å². The van der Waals surface area contributed by atoms with Gasteiger partial charge in [0.25, 0.3) is 0 Å². The molecule has 14 heavy (non-hydrogen) atoms. The molecule has 0 saturated heterocycles. The van der Waals surface area contributed by atoms with Gasteiger partial charge in [-0.15, -0.1) is 0 Å². The molecule has 1 N–H and O–H groups in total. The topological polar surface area (TPSA) is 15.3 Å². The summed E-state index contributed by atoms with van der Waals surface area (Å²) in [6.45, 7) is 9.01. The molecule has 0 aromatic rings. The third-order valence-electron chi connectivity index (χ3n) is 1.53. The van der Waals surface area contributed by atoms with Crippen molar-refractivity contribution >= 4 is 54.7 Å². The fourth-order valence-electron chi connectivity index (χ4n) is 0.782. The van der Waals surface area contributed by atoms with Crippen molar-refractivity contribution in [3.05, 3.63) is 0 Å². The summed E-state index contributed by atoms with van der Waals surface area (Å²) in [4.78, 5) is 2.14. The van der Waals surface area contributed by atoms with Crippen molar-refractivity contribution in [1.29, 1.82) is 0 Å². The van der Waals surface area contributed by atoms with Crippen LogP contribution >= 0.6 is 46.0 Å². The monoisotopic (exact) mass is 268 g/mol. The number of nitrogens with one attached hydrogen (secondary N) is 1. The zero-order valence-corrected chi connectivity index (χ0v) is 12.0. The fraction of sp³-hybridized carbons (Fsp3) is 0.750. The predicted octanol–water partition coefficient (Wildman–Crippen LogP) is 2.89. The van der Waals surface area contributed by atoms with Crippen molar-refractivity contribution in [1.82, 2.24) is 10.2 Å². The van der Waals surface area contributed by atoms with Gasteiger partial charge < -0.3 is 10.2 Å². The molecule has 0 amide bonds. The van der Waals surface area contributed by atoms with Gasteiger partial charge in [0.05, 0.1) is 0 Å². The van der Waals surface area contributed by atoms with Crippen LogP contribution in [0.25, 0.3) is 0 Å². The van der Waals surface area contributed by atoms with Gasteiger partial charge in [-0.3, -0.25) is 0 Å². The fourth-order valence-corrected chi connectivity index (χ4v) is 3.44. The normalized spacial score (nSPS) is 9.64. The predicted molar refractivity (Wildman–Crippen MR) is 77.0 cm³/mol. The Balaban J connectivity index is 3.77. The first kappa shape index (κ1) is 14.5. The summed E-state index contributed by atoms with van der Waals surface area (Å²) in [5.41, 5.74) is 0. The highest BCUT2D eigenvalue weighted by Gasteiger charge is 2.07. The molecule has 0 atom stereocenters. The molecule has 0 heterocycles. The van der Waals surface area contributed by atoms with E-state index in [0.29, 0.717) is 0 Å². The quantitative estimate of drug-likeness (QED) is 0.621. The molecule has 6 heteroatoms. The van der Waals surface area contributed by atoms with E-state index in [0.717, 1.165) is 28.3 Å². The van der Waals surface area contributed by atoms with Crippen molar-refractivity contribution < 1.29 is 0 Å². The summed E-state index contributed by atoms with van der Waals surface area (Å²) < 4.78 is 1.70. The van der Waals surface area contributed by atoms with Gasteiger partial charge in [-0.05, 0) is 42.4 Å². The largest absolute Gasteiger partial charge is 0.371 e. The SMILES string of the molecule is CCNC(=S)SSC(=S)N(CC)CC. The van der Waals surface area contributed by atoms with Gasteiger partial charge in [0.15, 0.2) is 0 Å². The Morgan fingerprint density at radius 1 is 1.14 bits per heavy atom. The highest BCUT2D eigenvalue weighted by atomic mass is 33.1. The van der Waals surface area contributed by atoms with Crippen LogP contribution in [0.1, 0.15) is 20.8 Å². The van der Waals surface area contributed by atoms with Crippen molar-refractivity contribution in [3.8, 4) is 0 Å². The number of hydrogen-bond donors (Lipinski definition) is 1. The maximum Gasteiger partial charge on any atom is 0.147 e. The van der Waals surface area contributed by atoms with Gasteiger partial charge in [0.1, 0.15) is 8.64 Å². The highest BCUT2D eigenvalue weighted by Crippen LogP contribution is 2.25. The number of thiocarbonyl (C=S) groups is 2. The smallest absolute Gasteiger partial charge is 0.147 e. The minimum atomic E-state index is 0.798. The molecule has 0 fully saturated rings. The van der Waals surface area contributed by atoms with Crippen molar-refractivity contribution in [2.24, 2.45) is 0 Å². The average Bonchev–Trinajstić information content (AvgIpc) is 2.17. The Morgan fingerprint density at radius 2 is 1.71 bits per heavy atom. The van der Waals surface area contributed by atoms with Gasteiger partial charge in [-0.2, -0.15) is 0 Å². The van der Waals surface area contributed by atoms with Crippen LogP contribution in [0, 0.1) is 0 Å². The molecule has 0 bridgehead atoms. The molecule has 0 radical (unpaired) electrons. The van der Waals surface area contributed by atoms with Crippen molar-refractivity contribution in [2.75, 3.05) is 19.6 Å². The summed E-state index contributed by atoms with van der Waals surface area (Å²) >= 11 is 10.3. The van der Waals surface area contributed by atoms with E-state index < -0.39 is 0 Å². The second-order valence-electron chi connectivity index (χ2n) is 2.42. The minimum absolute atomic E-state index is 0.798. The van der Waals surface area contributed by atoms with Crippen LogP contribution in [-0.4, -0.2) is 33.2 Å². The number of nitrogens with zero attached hydrogens (tertiary/aromatic N) is 1. The molecule has 0 aliphatic carbocycles. The van der Waals surface area contributed by atoms with Crippen LogP contribution < -0.4 is 5.32 Å². The Morgan fingerprint density at radius 3 is 2.14 bits per heavy atom. The zero-order chi connectivity index (χ0) is 11.0. The first-order valence-corrected chi connectivity index (χ1v) is 7.53. The van der Waals surface area contributed by atoms with Crippen LogP contribution in [0.15, 0.2) is 0 Å². The van der Waals surface area contributed by atoms with E-state index in [-0.39, 0.29) is 0 Å². The van der Waals surface area contributed by atoms with E-state index in [4.69, 9.17) is 24.4 Å². The van der Waals surface area contributed by atoms with E-state index in [1.807, 2.05) is 6.92 Å². The van der Waals surface area contributed by atoms with E-state index in [2.05, 4.69) is 24.1 Å². The van der Waals surface area contributed by atoms with E-state index >= 15 is 0 Å². The van der Waals surface area contributed by atoms with Crippen molar-refractivity contribution in [2.45, 2.75) is 20.8 Å². The molecular weight excluding hydrogens is 252 g/mol. The van der Waals surface area contributed by atoms with E-state index in [1.54, 1.807) is 10.8 Å². The minimum Gasteiger partial charge on any atom is -0.371 e. The standard InChI is InChI=1S/C8H16N2S4/c1-4-9-7(11)13-14-8(12)10(5-2)6-3/h4-6H2,1-3H3,(H,9,11). The highest BCUT2D eigenvalue weighted by molar-refractivity contribution is 8.89. The zero-order valence-electron chi connectivity index (χ0n) is 8.70. The second kappa shape index (κ2) is 8.76. The van der Waals surface area contributed by atoms with Gasteiger partial charge in [-0.25, -0.2) is 0 Å². The summed E-state index contributed by atoms with van der Waals surface area (Å²) in [6, 6.07) is 0. The van der Waals surface area contributed by atoms with Crippen LogP contribution in [0.2, 0.25) is 0 Å². The maximum atomic E-state index is 5.26. The molecule has 2 nitrogen and oxygen atoms in total. The summed E-state index contributed by atoms with van der Waals surface area (Å²) in [5.74, 6) is 0. The van der Waals surface area contributed by atoms with Crippen molar-refractivity contribution in [3.63, 3.8) is 0 Å². The molecule has 0 unspecified atom stereocenters.